The highest BCUT2D eigenvalue weighted by atomic mass is 16.5. The Balaban J connectivity index is 1.39. The van der Waals surface area contributed by atoms with E-state index in [1.807, 2.05) is 30.3 Å². The van der Waals surface area contributed by atoms with Gasteiger partial charge in [-0.2, -0.15) is 0 Å². The summed E-state index contributed by atoms with van der Waals surface area (Å²) in [5.41, 5.74) is 0.637. The minimum Gasteiger partial charge on any atom is -0.381 e. The van der Waals surface area contributed by atoms with Crippen molar-refractivity contribution in [3.8, 4) is 0 Å². The van der Waals surface area contributed by atoms with E-state index in [9.17, 15) is 9.59 Å². The van der Waals surface area contributed by atoms with Gasteiger partial charge in [0.1, 0.15) is 5.54 Å². The first-order valence-electron chi connectivity index (χ1n) is 10.6. The van der Waals surface area contributed by atoms with Crippen LogP contribution in [-0.4, -0.2) is 54.6 Å². The minimum atomic E-state index is -0.472. The van der Waals surface area contributed by atoms with Crippen LogP contribution < -0.4 is 10.6 Å². The molecule has 0 radical (unpaired) electrons. The zero-order chi connectivity index (χ0) is 19.4. The Morgan fingerprint density at radius 2 is 1.93 bits per heavy atom. The third-order valence-corrected chi connectivity index (χ3v) is 6.56. The first-order chi connectivity index (χ1) is 13.7. The lowest BCUT2D eigenvalue weighted by atomic mass is 9.84. The largest absolute Gasteiger partial charge is 0.381 e. The third kappa shape index (κ3) is 4.08. The summed E-state index contributed by atoms with van der Waals surface area (Å²) in [5.74, 6) is 0.293. The van der Waals surface area contributed by atoms with Gasteiger partial charge in [-0.15, -0.1) is 0 Å². The molecule has 2 atom stereocenters. The lowest BCUT2D eigenvalue weighted by Gasteiger charge is -2.40. The quantitative estimate of drug-likeness (QED) is 0.812. The molecule has 28 heavy (non-hydrogen) atoms. The lowest BCUT2D eigenvalue weighted by molar-refractivity contribution is -0.134. The molecule has 2 N–H and O–H groups in total. The molecule has 1 aromatic rings. The van der Waals surface area contributed by atoms with Gasteiger partial charge in [-0.25, -0.2) is 0 Å². The Hall–Kier alpha value is -1.92. The van der Waals surface area contributed by atoms with E-state index in [0.717, 1.165) is 50.8 Å². The summed E-state index contributed by atoms with van der Waals surface area (Å²) >= 11 is 0. The van der Waals surface area contributed by atoms with E-state index in [-0.39, 0.29) is 23.8 Å². The van der Waals surface area contributed by atoms with Crippen LogP contribution in [0.3, 0.4) is 0 Å². The first-order valence-corrected chi connectivity index (χ1v) is 10.6. The molecule has 0 bridgehead atoms. The van der Waals surface area contributed by atoms with Gasteiger partial charge >= 0.3 is 0 Å². The molecule has 3 aliphatic heterocycles. The monoisotopic (exact) mass is 385 g/mol. The number of hydrogen-bond acceptors (Lipinski definition) is 4. The fourth-order valence-electron chi connectivity index (χ4n) is 5.00. The molecule has 3 aliphatic rings. The highest BCUT2D eigenvalue weighted by Crippen LogP contribution is 2.38. The predicted molar refractivity (Wildman–Crippen MR) is 107 cm³/mol. The van der Waals surface area contributed by atoms with Gasteiger partial charge in [0.2, 0.25) is 11.8 Å². The molecule has 0 unspecified atom stereocenters. The number of ether oxygens (including phenoxy) is 1. The molecule has 0 aromatic heterocycles. The normalized spacial score (nSPS) is 28.5. The van der Waals surface area contributed by atoms with Gasteiger partial charge in [-0.05, 0) is 50.6 Å². The maximum Gasteiger partial charge on any atom is 0.240 e. The van der Waals surface area contributed by atoms with Gasteiger partial charge in [0.05, 0.1) is 0 Å². The second-order valence-electron chi connectivity index (χ2n) is 8.40. The SMILES string of the molecule is O=C(N[C@@H]1CN2CCCC[C@@]2(C(=O)NCc2ccccc2)C1)C1CCOCC1. The molecule has 1 aromatic carbocycles. The van der Waals surface area contributed by atoms with Gasteiger partial charge in [0.25, 0.3) is 0 Å². The fourth-order valence-corrected chi connectivity index (χ4v) is 5.00. The number of carbonyl (C=O) groups excluding carboxylic acids is 2. The Morgan fingerprint density at radius 1 is 1.14 bits per heavy atom. The molecule has 4 rings (SSSR count). The van der Waals surface area contributed by atoms with Gasteiger partial charge < -0.3 is 15.4 Å². The minimum absolute atomic E-state index is 0.0502. The molecular formula is C22H31N3O3. The maximum absolute atomic E-state index is 13.2. The van der Waals surface area contributed by atoms with Gasteiger partial charge in [-0.1, -0.05) is 30.3 Å². The van der Waals surface area contributed by atoms with Crippen molar-refractivity contribution >= 4 is 11.8 Å². The smallest absolute Gasteiger partial charge is 0.240 e. The Bertz CT molecular complexity index is 690. The number of benzene rings is 1. The third-order valence-electron chi connectivity index (χ3n) is 6.56. The average molecular weight is 386 g/mol. The van der Waals surface area contributed by atoms with Crippen LogP contribution in [0.25, 0.3) is 0 Å². The summed E-state index contributed by atoms with van der Waals surface area (Å²) in [6.45, 7) is 3.59. The standard InChI is InChI=1S/C22H31N3O3/c26-20(18-8-12-28-13-9-18)24-19-14-22(10-4-5-11-25(22)16-19)21(27)23-15-17-6-2-1-3-7-17/h1-3,6-7,18-19H,4-5,8-16H2,(H,23,27)(H,24,26)/t19-,22-/m0/s1. The molecule has 2 amide bonds. The van der Waals surface area contributed by atoms with Crippen LogP contribution in [0.5, 0.6) is 0 Å². The van der Waals surface area contributed by atoms with Crippen molar-refractivity contribution in [1.29, 1.82) is 0 Å². The van der Waals surface area contributed by atoms with Crippen molar-refractivity contribution in [1.82, 2.24) is 15.5 Å². The van der Waals surface area contributed by atoms with E-state index < -0.39 is 5.54 Å². The second-order valence-corrected chi connectivity index (χ2v) is 8.40. The van der Waals surface area contributed by atoms with Gasteiger partial charge in [-0.3, -0.25) is 14.5 Å². The van der Waals surface area contributed by atoms with E-state index in [1.54, 1.807) is 0 Å². The maximum atomic E-state index is 13.2. The molecule has 0 saturated carbocycles. The van der Waals surface area contributed by atoms with Crippen molar-refractivity contribution < 1.29 is 14.3 Å². The second kappa shape index (κ2) is 8.62. The van der Waals surface area contributed by atoms with Crippen LogP contribution in [0.4, 0.5) is 0 Å². The van der Waals surface area contributed by atoms with Crippen LogP contribution in [0.15, 0.2) is 30.3 Å². The predicted octanol–water partition coefficient (Wildman–Crippen LogP) is 1.84. The van der Waals surface area contributed by atoms with E-state index in [2.05, 4.69) is 15.5 Å². The molecule has 6 nitrogen and oxygen atoms in total. The highest BCUT2D eigenvalue weighted by molar-refractivity contribution is 5.87. The number of nitrogens with one attached hydrogen (secondary N) is 2. The summed E-state index contributed by atoms with van der Waals surface area (Å²) in [6, 6.07) is 10.1. The first kappa shape index (κ1) is 19.4. The van der Waals surface area contributed by atoms with E-state index in [0.29, 0.717) is 26.2 Å². The molecular weight excluding hydrogens is 354 g/mol. The van der Waals surface area contributed by atoms with E-state index in [4.69, 9.17) is 4.74 Å². The molecule has 152 valence electrons. The Kier molecular flexibility index (Phi) is 5.97. The molecule has 0 aliphatic carbocycles. The fraction of sp³-hybridized carbons (Fsp3) is 0.636. The number of amides is 2. The highest BCUT2D eigenvalue weighted by Gasteiger charge is 2.52. The zero-order valence-electron chi connectivity index (χ0n) is 16.5. The number of carbonyl (C=O) groups is 2. The summed E-state index contributed by atoms with van der Waals surface area (Å²) in [6.07, 6.45) is 5.36. The number of piperidine rings is 1. The van der Waals surface area contributed by atoms with Crippen molar-refractivity contribution in [2.45, 2.75) is 56.7 Å². The van der Waals surface area contributed by atoms with Gasteiger partial charge in [0.15, 0.2) is 0 Å². The summed E-state index contributed by atoms with van der Waals surface area (Å²) in [5, 5.41) is 6.40. The molecule has 3 saturated heterocycles. The van der Waals surface area contributed by atoms with Crippen LogP contribution in [0.2, 0.25) is 0 Å². The van der Waals surface area contributed by atoms with Gasteiger partial charge in [0, 0.05) is 38.3 Å². The lowest BCUT2D eigenvalue weighted by Crippen LogP contribution is -2.57. The topological polar surface area (TPSA) is 70.7 Å². The molecule has 3 fully saturated rings. The summed E-state index contributed by atoms with van der Waals surface area (Å²) in [4.78, 5) is 28.2. The Morgan fingerprint density at radius 3 is 2.71 bits per heavy atom. The number of fused-ring (bicyclic) bond motifs is 1. The number of nitrogens with zero attached hydrogens (tertiary/aromatic N) is 1. The number of hydrogen-bond donors (Lipinski definition) is 2. The molecule has 0 spiro atoms. The van der Waals surface area contributed by atoms with Crippen LogP contribution >= 0.6 is 0 Å². The summed E-state index contributed by atoms with van der Waals surface area (Å²) in [7, 11) is 0. The van der Waals surface area contributed by atoms with Crippen LogP contribution in [-0.2, 0) is 20.9 Å². The van der Waals surface area contributed by atoms with Crippen molar-refractivity contribution in [2.75, 3.05) is 26.3 Å². The number of rotatable bonds is 5. The van der Waals surface area contributed by atoms with Crippen molar-refractivity contribution in [3.05, 3.63) is 35.9 Å². The van der Waals surface area contributed by atoms with Crippen LogP contribution in [0, 0.1) is 5.92 Å². The van der Waals surface area contributed by atoms with Crippen molar-refractivity contribution in [2.24, 2.45) is 5.92 Å². The average Bonchev–Trinajstić information content (AvgIpc) is 3.12. The summed E-state index contributed by atoms with van der Waals surface area (Å²) < 4.78 is 5.37. The van der Waals surface area contributed by atoms with Crippen molar-refractivity contribution in [3.63, 3.8) is 0 Å². The van der Waals surface area contributed by atoms with E-state index >= 15 is 0 Å². The Labute approximate surface area is 167 Å². The zero-order valence-corrected chi connectivity index (χ0v) is 16.5. The van der Waals surface area contributed by atoms with Crippen LogP contribution in [0.1, 0.15) is 44.1 Å². The molecule has 6 heteroatoms. The molecule has 3 heterocycles. The van der Waals surface area contributed by atoms with E-state index in [1.165, 1.54) is 0 Å².